The summed E-state index contributed by atoms with van der Waals surface area (Å²) in [6.07, 6.45) is -1.01. The monoisotopic (exact) mass is 435 g/mol. The molecule has 0 aliphatic carbocycles. The Bertz CT molecular complexity index is 884. The Morgan fingerprint density at radius 1 is 1.26 bits per heavy atom. The van der Waals surface area contributed by atoms with Crippen molar-refractivity contribution in [2.75, 3.05) is 7.05 Å². The Labute approximate surface area is 164 Å². The number of nitrogens with zero attached hydrogens (tertiary/aromatic N) is 1. The van der Waals surface area contributed by atoms with Crippen molar-refractivity contribution >= 4 is 27.6 Å². The summed E-state index contributed by atoms with van der Waals surface area (Å²) in [5.74, 6) is -3.67. The zero-order valence-corrected chi connectivity index (χ0v) is 16.3. The number of ether oxygens (including phenoxy) is 1. The molecule has 0 spiro atoms. The number of ketones is 1. The maximum absolute atomic E-state index is 12.0. The Morgan fingerprint density at radius 2 is 1.93 bits per heavy atom. The van der Waals surface area contributed by atoms with E-state index in [1.165, 1.54) is 19.2 Å². The minimum absolute atomic E-state index is 0.0597. The molecule has 2 aromatic rings. The summed E-state index contributed by atoms with van der Waals surface area (Å²) in [6, 6.07) is 11.4. The van der Waals surface area contributed by atoms with Gasteiger partial charge in [-0.2, -0.15) is 0 Å². The third kappa shape index (κ3) is 3.61. The largest absolute Gasteiger partial charge is 0.508 e. The number of phenolic OH excluding ortho intramolecular Hbond substituents is 1. The number of Topliss-reactive ketones (excluding diaryl/α,β-unsaturated/α-hetero) is 1. The quantitative estimate of drug-likeness (QED) is 0.435. The molecule has 0 aromatic heterocycles. The molecule has 7 nitrogen and oxygen atoms in total. The van der Waals surface area contributed by atoms with Crippen LogP contribution in [0.1, 0.15) is 29.7 Å². The lowest BCUT2D eigenvalue weighted by atomic mass is 9.89. The Balaban J connectivity index is 2.11. The van der Waals surface area contributed by atoms with Crippen LogP contribution in [0.5, 0.6) is 5.75 Å². The number of hydrogen-bond acceptors (Lipinski definition) is 6. The predicted molar refractivity (Wildman–Crippen MR) is 98.2 cm³/mol. The standard InChI is InChI=1S/C19H18BrNO6/c1-11(22)18(24)21(2)27-19(25)16-13(4-3-5-15(16)20)10-26-17(19)12-6-8-14(23)9-7-12/h3-9,17,23,25H,10H2,1-2H3. The van der Waals surface area contributed by atoms with Gasteiger partial charge >= 0.3 is 5.91 Å². The molecule has 8 heteroatoms. The molecule has 2 unspecified atom stereocenters. The van der Waals surface area contributed by atoms with Crippen LogP contribution in [0.15, 0.2) is 46.9 Å². The van der Waals surface area contributed by atoms with E-state index in [1.54, 1.807) is 30.3 Å². The van der Waals surface area contributed by atoms with E-state index in [0.29, 0.717) is 26.2 Å². The smallest absolute Gasteiger partial charge is 0.313 e. The van der Waals surface area contributed by atoms with E-state index in [0.717, 1.165) is 6.92 Å². The Morgan fingerprint density at radius 3 is 2.56 bits per heavy atom. The average molecular weight is 436 g/mol. The van der Waals surface area contributed by atoms with Crippen LogP contribution in [-0.4, -0.2) is 34.0 Å². The maximum Gasteiger partial charge on any atom is 0.313 e. The van der Waals surface area contributed by atoms with Gasteiger partial charge in [-0.15, -0.1) is 0 Å². The number of rotatable bonds is 4. The molecule has 142 valence electrons. The predicted octanol–water partition coefficient (Wildman–Crippen LogP) is 2.55. The normalized spacial score (nSPS) is 21.4. The lowest BCUT2D eigenvalue weighted by Crippen LogP contribution is -2.48. The number of likely N-dealkylation sites (N-methyl/N-ethyl adjacent to an activating group) is 1. The molecule has 2 N–H and O–H groups in total. The second-order valence-electron chi connectivity index (χ2n) is 6.20. The molecule has 1 heterocycles. The van der Waals surface area contributed by atoms with Crippen molar-refractivity contribution in [3.05, 3.63) is 63.6 Å². The van der Waals surface area contributed by atoms with E-state index >= 15 is 0 Å². The number of carbonyl (C=O) groups is 2. The van der Waals surface area contributed by atoms with Gasteiger partial charge in [0.1, 0.15) is 11.9 Å². The molecular weight excluding hydrogens is 418 g/mol. The third-order valence-corrected chi connectivity index (χ3v) is 4.94. The zero-order chi connectivity index (χ0) is 19.8. The number of benzene rings is 2. The molecule has 1 aliphatic heterocycles. The van der Waals surface area contributed by atoms with Crippen LogP contribution in [0.4, 0.5) is 0 Å². The minimum atomic E-state index is -2.09. The Kier molecular flexibility index (Phi) is 5.34. The van der Waals surface area contributed by atoms with Crippen molar-refractivity contribution in [2.24, 2.45) is 0 Å². The summed E-state index contributed by atoms with van der Waals surface area (Å²) in [4.78, 5) is 29.0. The molecule has 2 aromatic carbocycles. The van der Waals surface area contributed by atoms with Crippen molar-refractivity contribution < 1.29 is 29.4 Å². The fourth-order valence-electron chi connectivity index (χ4n) is 3.04. The highest BCUT2D eigenvalue weighted by molar-refractivity contribution is 9.10. The number of halogens is 1. The van der Waals surface area contributed by atoms with Crippen LogP contribution < -0.4 is 0 Å². The summed E-state index contributed by atoms with van der Waals surface area (Å²) in [5.41, 5.74) is 1.60. The summed E-state index contributed by atoms with van der Waals surface area (Å²) < 4.78 is 6.41. The lowest BCUT2D eigenvalue weighted by molar-refractivity contribution is -0.364. The number of phenols is 1. The van der Waals surface area contributed by atoms with Crippen molar-refractivity contribution in [3.8, 4) is 5.75 Å². The highest BCUT2D eigenvalue weighted by atomic mass is 79.9. The van der Waals surface area contributed by atoms with E-state index in [1.807, 2.05) is 0 Å². The average Bonchev–Trinajstić information content (AvgIpc) is 2.62. The zero-order valence-electron chi connectivity index (χ0n) is 14.7. The van der Waals surface area contributed by atoms with Crippen LogP contribution in [0.2, 0.25) is 0 Å². The molecule has 0 saturated carbocycles. The third-order valence-electron chi connectivity index (χ3n) is 4.28. The van der Waals surface area contributed by atoms with E-state index in [9.17, 15) is 19.8 Å². The molecular formula is C19H18BrNO6. The van der Waals surface area contributed by atoms with Gasteiger partial charge in [0.15, 0.2) is 0 Å². The van der Waals surface area contributed by atoms with Crippen LogP contribution in [0, 0.1) is 0 Å². The molecule has 0 saturated heterocycles. The number of aliphatic hydroxyl groups is 1. The molecule has 0 bridgehead atoms. The van der Waals surface area contributed by atoms with Gasteiger partial charge in [-0.3, -0.25) is 9.59 Å². The van der Waals surface area contributed by atoms with Gasteiger partial charge in [0.05, 0.1) is 6.61 Å². The second-order valence-corrected chi connectivity index (χ2v) is 7.06. The maximum atomic E-state index is 12.0. The molecule has 27 heavy (non-hydrogen) atoms. The molecule has 2 atom stereocenters. The first-order valence-electron chi connectivity index (χ1n) is 8.12. The first kappa shape index (κ1) is 19.5. The van der Waals surface area contributed by atoms with Gasteiger partial charge in [-0.1, -0.05) is 40.2 Å². The van der Waals surface area contributed by atoms with Gasteiger partial charge in [0.2, 0.25) is 11.6 Å². The molecule has 1 aliphatic rings. The fourth-order valence-corrected chi connectivity index (χ4v) is 3.74. The number of fused-ring (bicyclic) bond motifs is 1. The summed E-state index contributed by atoms with van der Waals surface area (Å²) in [7, 11) is 1.25. The van der Waals surface area contributed by atoms with Gasteiger partial charge in [-0.05, 0) is 29.3 Å². The molecule has 3 rings (SSSR count). The number of hydroxylamine groups is 2. The first-order valence-corrected chi connectivity index (χ1v) is 8.92. The highest BCUT2D eigenvalue weighted by Gasteiger charge is 2.50. The summed E-state index contributed by atoms with van der Waals surface area (Å²) in [6.45, 7) is 1.32. The van der Waals surface area contributed by atoms with Crippen LogP contribution in [0.25, 0.3) is 0 Å². The lowest BCUT2D eigenvalue weighted by Gasteiger charge is -2.42. The van der Waals surface area contributed by atoms with Crippen LogP contribution >= 0.6 is 15.9 Å². The number of carbonyl (C=O) groups excluding carboxylic acids is 2. The van der Waals surface area contributed by atoms with Crippen LogP contribution in [-0.2, 0) is 31.6 Å². The van der Waals surface area contributed by atoms with Crippen molar-refractivity contribution in [2.45, 2.75) is 25.4 Å². The summed E-state index contributed by atoms with van der Waals surface area (Å²) in [5, 5.41) is 21.8. The van der Waals surface area contributed by atoms with Crippen molar-refractivity contribution in [3.63, 3.8) is 0 Å². The minimum Gasteiger partial charge on any atom is -0.508 e. The van der Waals surface area contributed by atoms with E-state index < -0.39 is 23.6 Å². The number of amides is 1. The topological polar surface area (TPSA) is 96.3 Å². The van der Waals surface area contributed by atoms with Crippen LogP contribution in [0.3, 0.4) is 0 Å². The van der Waals surface area contributed by atoms with Gasteiger partial charge in [0, 0.05) is 24.0 Å². The Hall–Kier alpha value is -2.26. The first-order chi connectivity index (χ1) is 12.7. The molecule has 0 radical (unpaired) electrons. The second kappa shape index (κ2) is 7.40. The van der Waals surface area contributed by atoms with Gasteiger partial charge < -0.3 is 14.9 Å². The van der Waals surface area contributed by atoms with Gasteiger partial charge in [0.25, 0.3) is 0 Å². The fraction of sp³-hybridized carbons (Fsp3) is 0.263. The van der Waals surface area contributed by atoms with E-state index in [4.69, 9.17) is 9.57 Å². The van der Waals surface area contributed by atoms with E-state index in [-0.39, 0.29) is 12.4 Å². The van der Waals surface area contributed by atoms with E-state index in [2.05, 4.69) is 15.9 Å². The number of hydrogen-bond donors (Lipinski definition) is 2. The SMILES string of the molecule is CC(=O)C(=O)N(C)OC1(O)c2c(Br)cccc2COC1c1ccc(O)cc1. The molecule has 0 fully saturated rings. The van der Waals surface area contributed by atoms with Crippen molar-refractivity contribution in [1.29, 1.82) is 0 Å². The van der Waals surface area contributed by atoms with Gasteiger partial charge in [-0.25, -0.2) is 9.90 Å². The summed E-state index contributed by atoms with van der Waals surface area (Å²) >= 11 is 3.42. The highest BCUT2D eigenvalue weighted by Crippen LogP contribution is 2.47. The number of aromatic hydroxyl groups is 1. The molecule has 1 amide bonds. The van der Waals surface area contributed by atoms with Crippen molar-refractivity contribution in [1.82, 2.24) is 5.06 Å².